The zero-order valence-electron chi connectivity index (χ0n) is 8.40. The monoisotopic (exact) mass is 227 g/mol. The van der Waals surface area contributed by atoms with Crippen LogP contribution in [0, 0.1) is 17.5 Å². The average molecular weight is 227 g/mol. The number of fused-ring (bicyclic) bond motifs is 1. The first-order valence-corrected chi connectivity index (χ1v) is 4.74. The Morgan fingerprint density at radius 2 is 1.88 bits per heavy atom. The highest BCUT2D eigenvalue weighted by Crippen LogP contribution is 2.19. The van der Waals surface area contributed by atoms with Crippen LogP contribution in [0.5, 0.6) is 0 Å². The molecule has 0 saturated carbocycles. The van der Waals surface area contributed by atoms with Gasteiger partial charge in [-0.3, -0.25) is 4.79 Å². The van der Waals surface area contributed by atoms with Crippen LogP contribution in [0.4, 0.5) is 13.2 Å². The van der Waals surface area contributed by atoms with Gasteiger partial charge in [0.15, 0.2) is 17.1 Å². The van der Waals surface area contributed by atoms with Gasteiger partial charge in [0.25, 0.3) is 0 Å². The summed E-state index contributed by atoms with van der Waals surface area (Å²) in [4.78, 5) is 14.0. The fourth-order valence-electron chi connectivity index (χ4n) is 1.57. The standard InChI is InChI=1S/C11H8F3NO/c1-2-5-3-8(16)9-6(12)4-7(13)10(14)11(9)15-5/h3-4H,2H2,1H3,(H,15,16). The molecule has 0 aliphatic carbocycles. The van der Waals surface area contributed by atoms with Crippen LogP contribution in [0.15, 0.2) is 16.9 Å². The molecule has 16 heavy (non-hydrogen) atoms. The lowest BCUT2D eigenvalue weighted by Crippen LogP contribution is -2.09. The number of hydrogen-bond donors (Lipinski definition) is 1. The number of aryl methyl sites for hydroxylation is 1. The minimum Gasteiger partial charge on any atom is -0.356 e. The molecule has 84 valence electrons. The van der Waals surface area contributed by atoms with Gasteiger partial charge < -0.3 is 4.98 Å². The zero-order valence-corrected chi connectivity index (χ0v) is 8.40. The first-order chi connectivity index (χ1) is 7.54. The summed E-state index contributed by atoms with van der Waals surface area (Å²) in [6.07, 6.45) is 0.447. The van der Waals surface area contributed by atoms with E-state index >= 15 is 0 Å². The van der Waals surface area contributed by atoms with Crippen molar-refractivity contribution in [3.05, 3.63) is 45.5 Å². The predicted octanol–water partition coefficient (Wildman–Crippen LogP) is 2.51. The molecular formula is C11H8F3NO. The summed E-state index contributed by atoms with van der Waals surface area (Å²) in [7, 11) is 0. The summed E-state index contributed by atoms with van der Waals surface area (Å²) in [5.41, 5.74) is -0.634. The molecule has 1 heterocycles. The molecule has 0 aliphatic heterocycles. The second kappa shape index (κ2) is 3.66. The molecule has 0 radical (unpaired) electrons. The number of aromatic nitrogens is 1. The van der Waals surface area contributed by atoms with Crippen LogP contribution in [-0.4, -0.2) is 4.98 Å². The second-order valence-electron chi connectivity index (χ2n) is 3.42. The van der Waals surface area contributed by atoms with E-state index in [0.717, 1.165) is 0 Å². The Labute approximate surface area is 88.7 Å². The molecule has 0 aliphatic rings. The van der Waals surface area contributed by atoms with Gasteiger partial charge in [0.2, 0.25) is 0 Å². The SMILES string of the molecule is CCc1cc(=O)c2c(F)cc(F)c(F)c2[nH]1. The Balaban J connectivity index is 3.00. The summed E-state index contributed by atoms with van der Waals surface area (Å²) >= 11 is 0. The molecule has 1 N–H and O–H groups in total. The number of H-pyrrole nitrogens is 1. The smallest absolute Gasteiger partial charge is 0.192 e. The number of pyridine rings is 1. The van der Waals surface area contributed by atoms with E-state index in [0.29, 0.717) is 18.2 Å². The average Bonchev–Trinajstić information content (AvgIpc) is 2.24. The van der Waals surface area contributed by atoms with Gasteiger partial charge in [-0.2, -0.15) is 0 Å². The molecular weight excluding hydrogens is 219 g/mol. The highest BCUT2D eigenvalue weighted by Gasteiger charge is 2.15. The van der Waals surface area contributed by atoms with Crippen molar-refractivity contribution in [2.75, 3.05) is 0 Å². The van der Waals surface area contributed by atoms with Crippen molar-refractivity contribution in [3.63, 3.8) is 0 Å². The topological polar surface area (TPSA) is 32.9 Å². The Morgan fingerprint density at radius 1 is 1.19 bits per heavy atom. The molecule has 1 aromatic carbocycles. The largest absolute Gasteiger partial charge is 0.356 e. The summed E-state index contributed by atoms with van der Waals surface area (Å²) in [5.74, 6) is -3.60. The number of hydrogen-bond acceptors (Lipinski definition) is 1. The van der Waals surface area contributed by atoms with E-state index in [9.17, 15) is 18.0 Å². The first-order valence-electron chi connectivity index (χ1n) is 4.74. The van der Waals surface area contributed by atoms with E-state index in [-0.39, 0.29) is 0 Å². The molecule has 1 aromatic heterocycles. The van der Waals surface area contributed by atoms with Crippen LogP contribution in [0.2, 0.25) is 0 Å². The Morgan fingerprint density at radius 3 is 2.50 bits per heavy atom. The Bertz CT molecular complexity index is 619. The number of rotatable bonds is 1. The van der Waals surface area contributed by atoms with Crippen LogP contribution < -0.4 is 5.43 Å². The van der Waals surface area contributed by atoms with Gasteiger partial charge in [0.05, 0.1) is 10.9 Å². The summed E-state index contributed by atoms with van der Waals surface area (Å²) in [5, 5.41) is -0.448. The van der Waals surface area contributed by atoms with E-state index in [4.69, 9.17) is 0 Å². The molecule has 0 fully saturated rings. The first kappa shape index (κ1) is 10.7. The normalized spacial score (nSPS) is 11.0. The number of halogens is 3. The van der Waals surface area contributed by atoms with Gasteiger partial charge in [-0.05, 0) is 6.42 Å². The van der Waals surface area contributed by atoms with Gasteiger partial charge >= 0.3 is 0 Å². The highest BCUT2D eigenvalue weighted by molar-refractivity contribution is 5.79. The van der Waals surface area contributed by atoms with Crippen LogP contribution in [-0.2, 0) is 6.42 Å². The fraction of sp³-hybridized carbons (Fsp3) is 0.182. The molecule has 0 amide bonds. The summed E-state index contributed by atoms with van der Waals surface area (Å²) < 4.78 is 39.6. The molecule has 0 unspecified atom stereocenters. The van der Waals surface area contributed by atoms with E-state index in [1.54, 1.807) is 6.92 Å². The van der Waals surface area contributed by atoms with Crippen molar-refractivity contribution < 1.29 is 13.2 Å². The van der Waals surface area contributed by atoms with E-state index in [1.165, 1.54) is 6.07 Å². The summed E-state index contributed by atoms with van der Waals surface area (Å²) in [6, 6.07) is 1.56. The third-order valence-corrected chi connectivity index (χ3v) is 2.39. The van der Waals surface area contributed by atoms with Gasteiger partial charge in [0.1, 0.15) is 5.82 Å². The van der Waals surface area contributed by atoms with E-state index in [2.05, 4.69) is 4.98 Å². The van der Waals surface area contributed by atoms with E-state index in [1.807, 2.05) is 0 Å². The van der Waals surface area contributed by atoms with Gasteiger partial charge in [-0.15, -0.1) is 0 Å². The molecule has 5 heteroatoms. The maximum atomic E-state index is 13.4. The van der Waals surface area contributed by atoms with Crippen molar-refractivity contribution in [1.29, 1.82) is 0 Å². The van der Waals surface area contributed by atoms with Crippen molar-refractivity contribution in [2.24, 2.45) is 0 Å². The number of nitrogens with one attached hydrogen (secondary N) is 1. The summed E-state index contributed by atoms with van der Waals surface area (Å²) in [6.45, 7) is 1.74. The predicted molar refractivity (Wildman–Crippen MR) is 53.8 cm³/mol. The maximum absolute atomic E-state index is 13.4. The van der Waals surface area contributed by atoms with Crippen molar-refractivity contribution >= 4 is 10.9 Å². The molecule has 0 bridgehead atoms. The molecule has 0 saturated heterocycles. The van der Waals surface area contributed by atoms with Crippen LogP contribution >= 0.6 is 0 Å². The van der Waals surface area contributed by atoms with Crippen molar-refractivity contribution in [1.82, 2.24) is 4.98 Å². The quantitative estimate of drug-likeness (QED) is 0.746. The lowest BCUT2D eigenvalue weighted by atomic mass is 10.1. The molecule has 0 atom stereocenters. The minimum absolute atomic E-state index is 0.374. The molecule has 0 spiro atoms. The zero-order chi connectivity index (χ0) is 11.9. The van der Waals surface area contributed by atoms with Crippen molar-refractivity contribution in [2.45, 2.75) is 13.3 Å². The van der Waals surface area contributed by atoms with Crippen LogP contribution in [0.1, 0.15) is 12.6 Å². The number of benzene rings is 1. The van der Waals surface area contributed by atoms with Gasteiger partial charge in [-0.1, -0.05) is 6.92 Å². The molecule has 2 aromatic rings. The minimum atomic E-state index is -1.31. The van der Waals surface area contributed by atoms with E-state index < -0.39 is 33.8 Å². The Hall–Kier alpha value is -1.78. The third-order valence-electron chi connectivity index (χ3n) is 2.39. The van der Waals surface area contributed by atoms with Crippen molar-refractivity contribution in [3.8, 4) is 0 Å². The van der Waals surface area contributed by atoms with Gasteiger partial charge in [-0.25, -0.2) is 13.2 Å². The lowest BCUT2D eigenvalue weighted by Gasteiger charge is -2.04. The third kappa shape index (κ3) is 1.48. The second-order valence-corrected chi connectivity index (χ2v) is 3.42. The van der Waals surface area contributed by atoms with Gasteiger partial charge in [0, 0.05) is 17.8 Å². The maximum Gasteiger partial charge on any atom is 0.192 e. The highest BCUT2D eigenvalue weighted by atomic mass is 19.2. The molecule has 2 rings (SSSR count). The molecule has 2 nitrogen and oxygen atoms in total. The lowest BCUT2D eigenvalue weighted by molar-refractivity contribution is 0.503. The van der Waals surface area contributed by atoms with Crippen LogP contribution in [0.3, 0.4) is 0 Å². The fourth-order valence-corrected chi connectivity index (χ4v) is 1.57. The number of aromatic amines is 1. The van der Waals surface area contributed by atoms with Crippen LogP contribution in [0.25, 0.3) is 10.9 Å². The Kier molecular flexibility index (Phi) is 2.46.